The lowest BCUT2D eigenvalue weighted by Gasteiger charge is -2.22. The van der Waals surface area contributed by atoms with Crippen molar-refractivity contribution >= 4 is 10.0 Å². The van der Waals surface area contributed by atoms with Crippen LogP contribution in [0.1, 0.15) is 18.4 Å². The zero-order valence-corrected chi connectivity index (χ0v) is 10.3. The highest BCUT2D eigenvalue weighted by Crippen LogP contribution is 2.23. The summed E-state index contributed by atoms with van der Waals surface area (Å²) in [7, 11) is -3.04. The third-order valence-electron chi connectivity index (χ3n) is 3.06. The molecule has 16 heavy (non-hydrogen) atoms. The van der Waals surface area contributed by atoms with Crippen molar-refractivity contribution in [2.45, 2.75) is 25.3 Å². The van der Waals surface area contributed by atoms with Crippen molar-refractivity contribution in [3.63, 3.8) is 0 Å². The fourth-order valence-electron chi connectivity index (χ4n) is 2.34. The van der Waals surface area contributed by atoms with Gasteiger partial charge >= 0.3 is 0 Å². The Kier molecular flexibility index (Phi) is 3.30. The minimum Gasteiger partial charge on any atom is -0.212 e. The average Bonchev–Trinajstić information content (AvgIpc) is 2.67. The molecular formula is C12H17NO2S. The van der Waals surface area contributed by atoms with E-state index in [1.807, 2.05) is 18.2 Å². The van der Waals surface area contributed by atoms with Crippen LogP contribution in [0, 0.1) is 0 Å². The van der Waals surface area contributed by atoms with Crippen LogP contribution < -0.4 is 0 Å². The monoisotopic (exact) mass is 239 g/mol. The van der Waals surface area contributed by atoms with E-state index in [0.717, 1.165) is 19.3 Å². The zero-order valence-electron chi connectivity index (χ0n) is 9.46. The van der Waals surface area contributed by atoms with Gasteiger partial charge in [-0.1, -0.05) is 30.3 Å². The Hall–Kier alpha value is -0.870. The molecule has 88 valence electrons. The average molecular weight is 239 g/mol. The van der Waals surface area contributed by atoms with Gasteiger partial charge in [-0.15, -0.1) is 0 Å². The summed E-state index contributed by atoms with van der Waals surface area (Å²) in [5.41, 5.74) is 1.21. The van der Waals surface area contributed by atoms with Crippen LogP contribution in [-0.4, -0.2) is 31.6 Å². The molecule has 1 aliphatic rings. The second-order valence-electron chi connectivity index (χ2n) is 4.36. The first-order valence-electron chi connectivity index (χ1n) is 5.58. The summed E-state index contributed by atoms with van der Waals surface area (Å²) >= 11 is 0. The van der Waals surface area contributed by atoms with E-state index >= 15 is 0 Å². The fourth-order valence-corrected chi connectivity index (χ4v) is 3.52. The molecule has 0 saturated carbocycles. The van der Waals surface area contributed by atoms with Gasteiger partial charge in [0.25, 0.3) is 0 Å². The summed E-state index contributed by atoms with van der Waals surface area (Å²) in [5, 5.41) is 0. The van der Waals surface area contributed by atoms with Crippen molar-refractivity contribution in [2.75, 3.05) is 12.8 Å². The Morgan fingerprint density at radius 1 is 1.31 bits per heavy atom. The van der Waals surface area contributed by atoms with Gasteiger partial charge in [-0.2, -0.15) is 4.31 Å². The van der Waals surface area contributed by atoms with Crippen LogP contribution in [0.2, 0.25) is 0 Å². The third kappa shape index (κ3) is 2.62. The number of rotatable bonds is 3. The predicted octanol–water partition coefficient (Wildman–Crippen LogP) is 1.65. The molecule has 1 aromatic carbocycles. The lowest BCUT2D eigenvalue weighted by molar-refractivity contribution is 0.389. The molecule has 1 heterocycles. The van der Waals surface area contributed by atoms with Crippen molar-refractivity contribution < 1.29 is 8.42 Å². The van der Waals surface area contributed by atoms with Crippen molar-refractivity contribution in [1.29, 1.82) is 0 Å². The number of benzene rings is 1. The normalized spacial score (nSPS) is 22.4. The minimum atomic E-state index is -3.04. The maximum atomic E-state index is 11.6. The topological polar surface area (TPSA) is 37.4 Å². The van der Waals surface area contributed by atoms with Gasteiger partial charge in [0.2, 0.25) is 10.0 Å². The van der Waals surface area contributed by atoms with Crippen LogP contribution >= 0.6 is 0 Å². The van der Waals surface area contributed by atoms with E-state index in [9.17, 15) is 8.42 Å². The number of sulfonamides is 1. The molecule has 1 aromatic rings. The molecule has 0 amide bonds. The van der Waals surface area contributed by atoms with Gasteiger partial charge in [0.15, 0.2) is 0 Å². The Bertz CT molecular complexity index is 441. The van der Waals surface area contributed by atoms with Gasteiger partial charge in [0, 0.05) is 12.6 Å². The van der Waals surface area contributed by atoms with Gasteiger partial charge in [0.1, 0.15) is 0 Å². The molecule has 0 bridgehead atoms. The Morgan fingerprint density at radius 3 is 2.62 bits per heavy atom. The van der Waals surface area contributed by atoms with E-state index in [1.165, 1.54) is 11.8 Å². The van der Waals surface area contributed by atoms with E-state index in [2.05, 4.69) is 12.1 Å². The molecule has 1 aliphatic heterocycles. The molecule has 1 fully saturated rings. The lowest BCUT2D eigenvalue weighted by atomic mass is 10.1. The van der Waals surface area contributed by atoms with Crippen LogP contribution in [0.3, 0.4) is 0 Å². The summed E-state index contributed by atoms with van der Waals surface area (Å²) in [4.78, 5) is 0. The van der Waals surface area contributed by atoms with E-state index in [1.54, 1.807) is 4.31 Å². The van der Waals surface area contributed by atoms with Crippen LogP contribution in [0.5, 0.6) is 0 Å². The van der Waals surface area contributed by atoms with Crippen molar-refractivity contribution in [3.8, 4) is 0 Å². The van der Waals surface area contributed by atoms with Crippen molar-refractivity contribution in [2.24, 2.45) is 0 Å². The molecule has 0 N–H and O–H groups in total. The predicted molar refractivity (Wildman–Crippen MR) is 64.7 cm³/mol. The smallest absolute Gasteiger partial charge is 0.211 e. The number of nitrogens with zero attached hydrogens (tertiary/aromatic N) is 1. The second-order valence-corrected chi connectivity index (χ2v) is 6.29. The SMILES string of the molecule is CS(=O)(=O)N1CCC[C@H]1Cc1ccccc1. The first-order valence-corrected chi connectivity index (χ1v) is 7.43. The Morgan fingerprint density at radius 2 is 2.00 bits per heavy atom. The van der Waals surface area contributed by atoms with Gasteiger partial charge in [-0.25, -0.2) is 8.42 Å². The van der Waals surface area contributed by atoms with Crippen LogP contribution in [0.25, 0.3) is 0 Å². The highest BCUT2D eigenvalue weighted by Gasteiger charge is 2.31. The Labute approximate surface area is 97.1 Å². The standard InChI is InChI=1S/C12H17NO2S/c1-16(14,15)13-9-5-8-12(13)10-11-6-3-2-4-7-11/h2-4,6-7,12H,5,8-10H2,1H3/t12-/m0/s1. The lowest BCUT2D eigenvalue weighted by Crippen LogP contribution is -2.35. The van der Waals surface area contributed by atoms with E-state index in [-0.39, 0.29) is 6.04 Å². The highest BCUT2D eigenvalue weighted by atomic mass is 32.2. The van der Waals surface area contributed by atoms with Crippen LogP contribution in [0.15, 0.2) is 30.3 Å². The molecule has 1 atom stereocenters. The summed E-state index contributed by atoms with van der Waals surface area (Å²) in [6.45, 7) is 0.677. The first-order chi connectivity index (χ1) is 7.57. The quantitative estimate of drug-likeness (QED) is 0.804. The summed E-state index contributed by atoms with van der Waals surface area (Å²) in [6, 6.07) is 10.2. The maximum Gasteiger partial charge on any atom is 0.211 e. The molecular weight excluding hydrogens is 222 g/mol. The third-order valence-corrected chi connectivity index (χ3v) is 4.40. The molecule has 2 rings (SSSR count). The molecule has 4 heteroatoms. The summed E-state index contributed by atoms with van der Waals surface area (Å²) < 4.78 is 24.8. The molecule has 3 nitrogen and oxygen atoms in total. The molecule has 0 aromatic heterocycles. The van der Waals surface area contributed by atoms with E-state index in [0.29, 0.717) is 6.54 Å². The van der Waals surface area contributed by atoms with Crippen molar-refractivity contribution in [1.82, 2.24) is 4.31 Å². The molecule has 1 saturated heterocycles. The first kappa shape index (κ1) is 11.6. The Balaban J connectivity index is 2.11. The minimum absolute atomic E-state index is 0.150. The number of hydrogen-bond donors (Lipinski definition) is 0. The number of hydrogen-bond acceptors (Lipinski definition) is 2. The van der Waals surface area contributed by atoms with Crippen LogP contribution in [0.4, 0.5) is 0 Å². The van der Waals surface area contributed by atoms with Gasteiger partial charge < -0.3 is 0 Å². The van der Waals surface area contributed by atoms with Gasteiger partial charge in [-0.05, 0) is 24.8 Å². The molecule has 0 aliphatic carbocycles. The summed E-state index contributed by atoms with van der Waals surface area (Å²) in [6.07, 6.45) is 4.08. The largest absolute Gasteiger partial charge is 0.212 e. The highest BCUT2D eigenvalue weighted by molar-refractivity contribution is 7.88. The maximum absolute atomic E-state index is 11.6. The molecule has 0 spiro atoms. The van der Waals surface area contributed by atoms with Gasteiger partial charge in [0.05, 0.1) is 6.26 Å². The molecule has 0 radical (unpaired) electrons. The summed E-state index contributed by atoms with van der Waals surface area (Å²) in [5.74, 6) is 0. The second kappa shape index (κ2) is 4.55. The molecule has 0 unspecified atom stereocenters. The van der Waals surface area contributed by atoms with Gasteiger partial charge in [-0.3, -0.25) is 0 Å². The zero-order chi connectivity index (χ0) is 11.6. The fraction of sp³-hybridized carbons (Fsp3) is 0.500. The van der Waals surface area contributed by atoms with E-state index in [4.69, 9.17) is 0 Å². The van der Waals surface area contributed by atoms with Crippen molar-refractivity contribution in [3.05, 3.63) is 35.9 Å². The van der Waals surface area contributed by atoms with Crippen LogP contribution in [-0.2, 0) is 16.4 Å². The van der Waals surface area contributed by atoms with E-state index < -0.39 is 10.0 Å².